The van der Waals surface area contributed by atoms with E-state index in [1.807, 2.05) is 174 Å². The van der Waals surface area contributed by atoms with Gasteiger partial charge in [0.2, 0.25) is 0 Å². The third kappa shape index (κ3) is 94.6. The number of hydrogen-bond acceptors (Lipinski definition) is 29. The van der Waals surface area contributed by atoms with Gasteiger partial charge in [-0.15, -0.1) is 12.4 Å². The molecule has 6 fully saturated rings. The fourth-order valence-electron chi connectivity index (χ4n) is 9.32. The van der Waals surface area contributed by atoms with E-state index in [-0.39, 0.29) is 270 Å². The summed E-state index contributed by atoms with van der Waals surface area (Å²) in [6, 6.07) is 27.2. The van der Waals surface area contributed by atoms with Crippen molar-refractivity contribution in [1.82, 2.24) is 32.1 Å². The number of benzene rings is 3. The summed E-state index contributed by atoms with van der Waals surface area (Å²) in [5.74, 6) is 4.91. The molecule has 5 heterocycles. The molecule has 5 aliphatic heterocycles. The van der Waals surface area contributed by atoms with Gasteiger partial charge < -0.3 is 86.1 Å². The largest absolute Gasteiger partial charge is 1.00 e. The molecule has 6 aliphatic rings. The molecule has 0 spiro atoms. The SMILES string of the molecule is BrBr.BrP(Br)Br.CC(C)(C)OC(=O)C(Br)CCBr.CC(C)(C)OC(=O)C1CCCC1.CC(C)(C)OC(=O)C1CCCN1.CC(C)(C)OC(=O)C1CCNN1.Cl.NN.O=C(CNC(=O)OCc1ccccc1)OCc1ccccc1.O=C(Cl)OCc1ccccc1.O=C(O)C(Br)CCBr.O=C(O)C1CCCN1.O=C(O)[C@@H]1CCCN1.O=C1CCCO1.O=CO[O-].[Cs+].[Cs+].[H-]. The van der Waals surface area contributed by atoms with E-state index in [1.165, 1.54) is 12.8 Å². The number of halogens is 11. The summed E-state index contributed by atoms with van der Waals surface area (Å²) in [5.41, 5.74) is 6.21. The molecule has 33 nitrogen and oxygen atoms in total. The van der Waals surface area contributed by atoms with Crippen LogP contribution in [0.1, 0.15) is 198 Å². The van der Waals surface area contributed by atoms with Crippen LogP contribution in [0.25, 0.3) is 0 Å². The van der Waals surface area contributed by atoms with E-state index in [4.69, 9.17) is 65.4 Å². The first-order chi connectivity index (χ1) is 57.7. The predicted molar refractivity (Wildman–Crippen MR) is 512 cm³/mol. The number of carboxylic acids is 3. The van der Waals surface area contributed by atoms with Gasteiger partial charge in [-0.25, -0.2) is 15.0 Å². The number of ether oxygens (including phenoxy) is 8. The molecule has 0 bridgehead atoms. The maximum Gasteiger partial charge on any atom is 1.00 e. The Labute approximate surface area is 946 Å². The number of hydrazine groups is 2. The van der Waals surface area contributed by atoms with Crippen LogP contribution in [0.2, 0.25) is 0 Å². The monoisotopic (exact) mass is 2660 g/mol. The molecule has 3 aromatic carbocycles. The standard InChI is InChI=1S/C17H17NO4.C10H18O2.C9H17NO2.C8H14Br2O2.C8H7ClO2.C8H16N2O2.2C5H9NO2.C4H6Br2O2.C4H6O2.CH2O3.Br3P.Br2.ClH.2Cs.H4N2.H/c19-16(21-12-14-7-3-1-4-8-14)11-18-17(20)22-13-15-9-5-2-6-10-15;1-10(2,3)12-9(11)8-6-4-5-7-8;1-9(2,3)12-8(11)7-5-4-6-10-7;1-8(2,3)12-7(11)6(10)4-5-9;9-8(10)11-6-7-4-2-1-3-5-7;1-8(2,3)12-7(11)6-4-5-9-10-6;2*7-5(8)4-2-1-3-6-4;5-2-1-3(6)4(7)8;5-4-2-1-3-6-4;2-1-4-3;1-4(2)3;1-2;;;;1-2;/h1-10H,11-13H2,(H,18,20);8H,4-7H2,1-3H3;7,10H,4-6H2,1-3H3;6H,4-5H2,1-3H3;1-5H,6H2;6,9-10H,4-5H2,1-3H3;2*4,6H,1-3H2,(H,7,8);3H,1-2H2,(H,7,8);1-3H2;1,3H;;;1H;;;1-2H2;/q;;;;;;;;;;;;;;2*+1;;-1/p-1/t;;;;;;4-;;;;;;;;;;;/m......0.........../s1. The van der Waals surface area contributed by atoms with Crippen molar-refractivity contribution in [2.75, 3.05) is 50.0 Å². The third-order valence-electron chi connectivity index (χ3n) is 14.6. The van der Waals surface area contributed by atoms with Crippen LogP contribution in [0.4, 0.5) is 9.59 Å². The van der Waals surface area contributed by atoms with Crippen molar-refractivity contribution in [3.05, 3.63) is 108 Å². The van der Waals surface area contributed by atoms with Crippen LogP contribution in [-0.4, -0.2) is 193 Å². The van der Waals surface area contributed by atoms with Crippen LogP contribution in [0.15, 0.2) is 91.0 Å². The zero-order valence-electron chi connectivity index (χ0n) is 74.8. The summed E-state index contributed by atoms with van der Waals surface area (Å²) in [7, 11) is 0. The molecule has 13 N–H and O–H groups in total. The van der Waals surface area contributed by atoms with Gasteiger partial charge in [-0.05, 0) is 243 Å². The maximum absolute atomic E-state index is 11.5. The average molecular weight is 2670 g/mol. The second kappa shape index (κ2) is 89.1. The number of carbonyl (C=O) groups excluding carboxylic acids is 9. The number of alkyl carbamates (subject to hydrolysis) is 1. The van der Waals surface area contributed by atoms with E-state index < -0.39 is 45.8 Å². The fourth-order valence-corrected chi connectivity index (χ4v) is 12.1. The summed E-state index contributed by atoms with van der Waals surface area (Å²) in [4.78, 5) is 129. The Morgan fingerprint density at radius 1 is 0.556 bits per heavy atom. The summed E-state index contributed by atoms with van der Waals surface area (Å²) in [6.45, 7) is 26.9. The Morgan fingerprint density at radius 3 is 1.19 bits per heavy atom. The molecule has 5 unspecified atom stereocenters. The van der Waals surface area contributed by atoms with Crippen molar-refractivity contribution in [3.63, 3.8) is 0 Å². The van der Waals surface area contributed by atoms with Crippen LogP contribution >= 0.6 is 166 Å². The first-order valence-corrected chi connectivity index (χ1v) is 54.1. The third-order valence-corrected chi connectivity index (χ3v) is 17.3. The first-order valence-electron chi connectivity index (χ1n) is 38.5. The minimum atomic E-state index is -0.801. The Balaban J connectivity index is -0.000000174. The van der Waals surface area contributed by atoms with E-state index in [2.05, 4.69) is 197 Å². The smallest absolute Gasteiger partial charge is 1.00 e. The van der Waals surface area contributed by atoms with Gasteiger partial charge in [0, 0.05) is 63.5 Å². The van der Waals surface area contributed by atoms with E-state index in [9.17, 15) is 52.7 Å². The molecule has 5 saturated heterocycles. The van der Waals surface area contributed by atoms with Gasteiger partial charge in [0.05, 0.1) is 12.5 Å². The molecular formula is C79H126Br9Cl2Cs2N8O25P. The first kappa shape index (κ1) is 142. The quantitative estimate of drug-likeness (QED) is 0.00576. The van der Waals surface area contributed by atoms with Crippen LogP contribution in [0.3, 0.4) is 0 Å². The second-order valence-electron chi connectivity index (χ2n) is 29.7. The fraction of sp³-hybridized carbons (Fsp3) is 0.620. The minimum absolute atomic E-state index is 0. The minimum Gasteiger partial charge on any atom is -1.00 e. The normalized spacial score (nSPS) is 16.3. The molecular weight excluding hydrogens is 2550 g/mol. The van der Waals surface area contributed by atoms with Gasteiger partial charge in [0.25, 0.3) is 6.47 Å². The molecule has 3 aromatic rings. The van der Waals surface area contributed by atoms with Gasteiger partial charge >= 0.3 is 203 Å². The van der Waals surface area contributed by atoms with Gasteiger partial charge in [-0.1, -0.05) is 168 Å². The molecule has 47 heteroatoms. The molecule has 1 saturated carbocycles. The number of cyclic esters (lactones) is 1. The van der Waals surface area contributed by atoms with E-state index >= 15 is 0 Å². The Morgan fingerprint density at radius 2 is 0.913 bits per heavy atom. The number of carbonyl (C=O) groups is 12. The van der Waals surface area contributed by atoms with E-state index in [0.29, 0.717) is 19.4 Å². The van der Waals surface area contributed by atoms with Crippen molar-refractivity contribution >= 4 is 238 Å². The number of aliphatic carboxylic acids is 3. The number of esters is 6. The van der Waals surface area contributed by atoms with Gasteiger partial charge in [-0.2, -0.15) is 0 Å². The molecule has 1 amide bonds. The molecule has 716 valence electrons. The van der Waals surface area contributed by atoms with Crippen molar-refractivity contribution < 1.29 is 260 Å². The number of nitrogens with two attached hydrogens (primary N) is 2. The Kier molecular flexibility index (Phi) is 100. The number of nitrogens with one attached hydrogen (secondary N) is 6. The van der Waals surface area contributed by atoms with Gasteiger partial charge in [-0.3, -0.25) is 65.1 Å². The van der Waals surface area contributed by atoms with Crippen LogP contribution < -0.4 is 187 Å². The molecule has 0 radical (unpaired) electrons. The van der Waals surface area contributed by atoms with Crippen LogP contribution in [0.5, 0.6) is 0 Å². The Bertz CT molecular complexity index is 3150. The second-order valence-corrected chi connectivity index (χ2v) is 49.1. The number of alkyl halides is 4. The van der Waals surface area contributed by atoms with Crippen molar-refractivity contribution in [2.45, 2.75) is 255 Å². The summed E-state index contributed by atoms with van der Waals surface area (Å²) in [5, 5.41) is 46.1. The maximum atomic E-state index is 11.5. The number of amides is 1. The average Bonchev–Trinajstić information content (AvgIpc) is 1.81. The molecule has 1 aliphatic carbocycles. The zero-order chi connectivity index (χ0) is 95.0. The summed E-state index contributed by atoms with van der Waals surface area (Å²) < 4.78 is 39.7. The predicted octanol–water partition coefficient (Wildman–Crippen LogP) is 10.4. The van der Waals surface area contributed by atoms with Crippen molar-refractivity contribution in [3.8, 4) is 0 Å². The van der Waals surface area contributed by atoms with Crippen LogP contribution in [-0.2, 0) is 111 Å². The number of carboxylic acid groups (broad SMARTS) is 3. The summed E-state index contributed by atoms with van der Waals surface area (Å²) >= 11 is 32.6. The van der Waals surface area contributed by atoms with Crippen molar-refractivity contribution in [2.24, 2.45) is 17.6 Å². The van der Waals surface area contributed by atoms with Crippen LogP contribution in [0, 0.1) is 5.92 Å². The van der Waals surface area contributed by atoms with Crippen molar-refractivity contribution in [1.29, 1.82) is 0 Å². The molecule has 9 rings (SSSR count). The summed E-state index contributed by atoms with van der Waals surface area (Å²) in [6.07, 6.45) is 13.0. The topological polar surface area (TPSA) is 496 Å². The molecule has 126 heavy (non-hydrogen) atoms. The number of hydrogen-bond donors (Lipinski definition) is 11. The van der Waals surface area contributed by atoms with E-state index in [0.717, 1.165) is 124 Å². The number of rotatable bonds is 20. The van der Waals surface area contributed by atoms with E-state index in [1.54, 1.807) is 0 Å². The molecule has 0 aromatic heterocycles. The van der Waals surface area contributed by atoms with Gasteiger partial charge in [0.1, 0.15) is 86.6 Å². The Hall–Kier alpha value is 0.214. The molecule has 6 atom stereocenters. The van der Waals surface area contributed by atoms with Gasteiger partial charge in [0.15, 0.2) is 0 Å². The zero-order valence-corrected chi connectivity index (χ0v) is 103.